The van der Waals surface area contributed by atoms with Crippen LogP contribution in [0.3, 0.4) is 0 Å². The van der Waals surface area contributed by atoms with Crippen molar-refractivity contribution in [2.45, 2.75) is 26.8 Å². The number of carbonyl (C=O) groups excluding carboxylic acids is 3. The molecule has 1 atom stereocenters. The number of benzene rings is 2. The minimum absolute atomic E-state index is 0.112. The Labute approximate surface area is 198 Å². The van der Waals surface area contributed by atoms with Crippen LogP contribution >= 0.6 is 0 Å². The zero-order valence-corrected chi connectivity index (χ0v) is 19.9. The fourth-order valence-electron chi connectivity index (χ4n) is 3.59. The van der Waals surface area contributed by atoms with E-state index in [2.05, 4.69) is 16.0 Å². The van der Waals surface area contributed by atoms with Gasteiger partial charge in [0.05, 0.1) is 25.8 Å². The molecule has 180 valence electrons. The number of esters is 1. The normalized spacial score (nSPS) is 15.4. The molecule has 0 aromatic heterocycles. The summed E-state index contributed by atoms with van der Waals surface area (Å²) in [4.78, 5) is 37.1. The van der Waals surface area contributed by atoms with Crippen LogP contribution in [0, 0.1) is 12.8 Å². The van der Waals surface area contributed by atoms with Crippen LogP contribution in [0.5, 0.6) is 11.5 Å². The van der Waals surface area contributed by atoms with Crippen molar-refractivity contribution in [2.24, 2.45) is 5.92 Å². The Hall–Kier alpha value is -4.01. The molecule has 34 heavy (non-hydrogen) atoms. The number of carbonyl (C=O) groups is 3. The maximum atomic E-state index is 12.6. The van der Waals surface area contributed by atoms with Gasteiger partial charge in [-0.1, -0.05) is 37.6 Å². The lowest BCUT2D eigenvalue weighted by Gasteiger charge is -2.31. The third-order valence-corrected chi connectivity index (χ3v) is 5.30. The van der Waals surface area contributed by atoms with Gasteiger partial charge >= 0.3 is 12.0 Å². The smallest absolute Gasteiger partial charge is 0.337 e. The summed E-state index contributed by atoms with van der Waals surface area (Å²) in [6, 6.07) is 11.3. The second kappa shape index (κ2) is 10.7. The van der Waals surface area contributed by atoms with Gasteiger partial charge in [-0.05, 0) is 42.7 Å². The molecule has 2 aromatic rings. The number of ether oxygens (including phenoxy) is 3. The van der Waals surface area contributed by atoms with Crippen molar-refractivity contribution >= 4 is 23.6 Å². The van der Waals surface area contributed by atoms with E-state index >= 15 is 0 Å². The van der Waals surface area contributed by atoms with Gasteiger partial charge in [0.2, 0.25) is 0 Å². The second-order valence-corrected chi connectivity index (χ2v) is 8.12. The Kier molecular flexibility index (Phi) is 7.78. The van der Waals surface area contributed by atoms with E-state index in [1.165, 1.54) is 14.2 Å². The van der Waals surface area contributed by atoms with E-state index in [4.69, 9.17) is 14.2 Å². The highest BCUT2D eigenvalue weighted by Crippen LogP contribution is 2.35. The lowest BCUT2D eigenvalue weighted by atomic mass is 9.91. The first kappa shape index (κ1) is 24.6. The molecule has 3 amide bonds. The highest BCUT2D eigenvalue weighted by atomic mass is 16.5. The van der Waals surface area contributed by atoms with Crippen molar-refractivity contribution < 1.29 is 28.6 Å². The van der Waals surface area contributed by atoms with Crippen molar-refractivity contribution in [3.8, 4) is 11.5 Å². The Bertz CT molecular complexity index is 1110. The first-order valence-corrected chi connectivity index (χ1v) is 10.8. The number of aryl methyl sites for hydroxylation is 1. The first-order valence-electron chi connectivity index (χ1n) is 10.8. The highest BCUT2D eigenvalue weighted by molar-refractivity contribution is 5.95. The molecule has 9 heteroatoms. The van der Waals surface area contributed by atoms with Gasteiger partial charge < -0.3 is 30.2 Å². The van der Waals surface area contributed by atoms with Gasteiger partial charge in [-0.15, -0.1) is 0 Å². The summed E-state index contributed by atoms with van der Waals surface area (Å²) in [6.45, 7) is 5.49. The van der Waals surface area contributed by atoms with Gasteiger partial charge in [0, 0.05) is 11.4 Å². The van der Waals surface area contributed by atoms with Gasteiger partial charge in [-0.2, -0.15) is 0 Å². The maximum Gasteiger partial charge on any atom is 0.337 e. The van der Waals surface area contributed by atoms with Crippen LogP contribution in [0.4, 0.5) is 10.5 Å². The van der Waals surface area contributed by atoms with Crippen LogP contribution in [-0.4, -0.2) is 38.7 Å². The molecular weight excluding hydrogens is 438 g/mol. The van der Waals surface area contributed by atoms with E-state index in [1.54, 1.807) is 18.2 Å². The predicted octanol–water partition coefficient (Wildman–Crippen LogP) is 3.46. The first-order chi connectivity index (χ1) is 16.2. The summed E-state index contributed by atoms with van der Waals surface area (Å²) in [5.41, 5.74) is 3.17. The molecule has 9 nitrogen and oxygen atoms in total. The van der Waals surface area contributed by atoms with E-state index in [-0.39, 0.29) is 18.4 Å². The molecule has 0 saturated heterocycles. The monoisotopic (exact) mass is 467 g/mol. The zero-order valence-electron chi connectivity index (χ0n) is 19.9. The third kappa shape index (κ3) is 5.67. The number of allylic oxidation sites excluding steroid dienone is 1. The molecule has 0 bridgehead atoms. The van der Waals surface area contributed by atoms with Crippen LogP contribution in [0.1, 0.15) is 31.0 Å². The molecule has 0 radical (unpaired) electrons. The molecular formula is C25H29N3O6. The van der Waals surface area contributed by atoms with Crippen molar-refractivity contribution in [3.05, 3.63) is 64.9 Å². The molecule has 1 heterocycles. The fraction of sp³-hybridized carbons (Fsp3) is 0.320. The molecule has 1 aliphatic rings. The number of methoxy groups -OCH3 is 2. The summed E-state index contributed by atoms with van der Waals surface area (Å²) in [5.74, 6) is -0.285. The fourth-order valence-corrected chi connectivity index (χ4v) is 3.59. The summed E-state index contributed by atoms with van der Waals surface area (Å²) >= 11 is 0. The number of nitrogens with one attached hydrogen (secondary N) is 3. The van der Waals surface area contributed by atoms with Gasteiger partial charge in [0.25, 0.3) is 5.91 Å². The molecule has 0 fully saturated rings. The van der Waals surface area contributed by atoms with Crippen LogP contribution in [-0.2, 0) is 14.3 Å². The molecule has 0 saturated carbocycles. The average Bonchev–Trinajstić information content (AvgIpc) is 2.83. The summed E-state index contributed by atoms with van der Waals surface area (Å²) in [5, 5.41) is 8.24. The lowest BCUT2D eigenvalue weighted by Crippen LogP contribution is -2.47. The SMILES string of the molecule is COC(=O)C1=C(C(C)C)NC(=O)NC1c1ccc(OCC(=O)Nc2ccc(C)cc2)c(OC)c1. The van der Waals surface area contributed by atoms with Crippen molar-refractivity contribution in [1.82, 2.24) is 10.6 Å². The van der Waals surface area contributed by atoms with Gasteiger partial charge in [0.1, 0.15) is 0 Å². The quantitative estimate of drug-likeness (QED) is 0.512. The summed E-state index contributed by atoms with van der Waals surface area (Å²) in [6.07, 6.45) is 0. The molecule has 0 aliphatic carbocycles. The number of anilines is 1. The molecule has 1 aliphatic heterocycles. The zero-order chi connectivity index (χ0) is 24.8. The number of amides is 3. The van der Waals surface area contributed by atoms with E-state index < -0.39 is 18.0 Å². The second-order valence-electron chi connectivity index (χ2n) is 8.12. The van der Waals surface area contributed by atoms with Gasteiger partial charge in [0.15, 0.2) is 18.1 Å². The summed E-state index contributed by atoms with van der Waals surface area (Å²) in [7, 11) is 2.76. The lowest BCUT2D eigenvalue weighted by molar-refractivity contribution is -0.136. The third-order valence-electron chi connectivity index (χ3n) is 5.30. The van der Waals surface area contributed by atoms with E-state index in [9.17, 15) is 14.4 Å². The Morgan fingerprint density at radius 2 is 1.76 bits per heavy atom. The standard InChI is InChI=1S/C25H29N3O6/c1-14(2)22-21(24(30)33-5)23(28-25(31)27-22)16-8-11-18(19(12-16)32-4)34-13-20(29)26-17-9-6-15(3)7-10-17/h6-12,14,23H,13H2,1-5H3,(H,26,29)(H2,27,28,31). The molecule has 3 rings (SSSR count). The Balaban J connectivity index is 1.81. The van der Waals surface area contributed by atoms with Crippen LogP contribution < -0.4 is 25.4 Å². The van der Waals surface area contributed by atoms with E-state index in [1.807, 2.05) is 45.0 Å². The van der Waals surface area contributed by atoms with Crippen molar-refractivity contribution in [1.29, 1.82) is 0 Å². The van der Waals surface area contributed by atoms with Crippen LogP contribution in [0.2, 0.25) is 0 Å². The van der Waals surface area contributed by atoms with Gasteiger partial charge in [-0.3, -0.25) is 4.79 Å². The van der Waals surface area contributed by atoms with Crippen LogP contribution in [0.25, 0.3) is 0 Å². The molecule has 1 unspecified atom stereocenters. The van der Waals surface area contributed by atoms with E-state index in [0.29, 0.717) is 34.0 Å². The van der Waals surface area contributed by atoms with Gasteiger partial charge in [-0.25, -0.2) is 9.59 Å². The number of hydrogen-bond acceptors (Lipinski definition) is 6. The minimum Gasteiger partial charge on any atom is -0.493 e. The number of hydrogen-bond donors (Lipinski definition) is 3. The Morgan fingerprint density at radius 3 is 2.38 bits per heavy atom. The topological polar surface area (TPSA) is 115 Å². The minimum atomic E-state index is -0.744. The van der Waals surface area contributed by atoms with Crippen molar-refractivity contribution in [2.75, 3.05) is 26.1 Å². The molecule has 2 aromatic carbocycles. The highest BCUT2D eigenvalue weighted by Gasteiger charge is 2.34. The Morgan fingerprint density at radius 1 is 1.06 bits per heavy atom. The largest absolute Gasteiger partial charge is 0.493 e. The molecule has 3 N–H and O–H groups in total. The van der Waals surface area contributed by atoms with Crippen molar-refractivity contribution in [3.63, 3.8) is 0 Å². The number of urea groups is 1. The maximum absolute atomic E-state index is 12.6. The van der Waals surface area contributed by atoms with Crippen LogP contribution in [0.15, 0.2) is 53.7 Å². The molecule has 0 spiro atoms. The summed E-state index contributed by atoms with van der Waals surface area (Å²) < 4.78 is 16.1. The predicted molar refractivity (Wildman–Crippen MR) is 127 cm³/mol. The van der Waals surface area contributed by atoms with E-state index in [0.717, 1.165) is 5.56 Å². The average molecular weight is 468 g/mol. The number of rotatable bonds is 8.